The Bertz CT molecular complexity index is 420. The lowest BCUT2D eigenvalue weighted by atomic mass is 10.1. The van der Waals surface area contributed by atoms with Gasteiger partial charge in [-0.2, -0.15) is 13.2 Å². The van der Waals surface area contributed by atoms with Crippen molar-refractivity contribution in [2.75, 3.05) is 24.5 Å². The van der Waals surface area contributed by atoms with Crippen LogP contribution in [-0.2, 0) is 10.9 Å². The molecule has 0 aliphatic heterocycles. The van der Waals surface area contributed by atoms with Crippen LogP contribution >= 0.6 is 0 Å². The van der Waals surface area contributed by atoms with Gasteiger partial charge >= 0.3 is 6.18 Å². The largest absolute Gasteiger partial charge is 0.416 e. The Morgan fingerprint density at radius 2 is 2.00 bits per heavy atom. The summed E-state index contributed by atoms with van der Waals surface area (Å²) in [4.78, 5) is 3.97. The van der Waals surface area contributed by atoms with Gasteiger partial charge in [0.25, 0.3) is 0 Å². The van der Waals surface area contributed by atoms with Crippen LogP contribution in [0.25, 0.3) is 0 Å². The summed E-state index contributed by atoms with van der Waals surface area (Å²) in [6.45, 7) is 2.37. The van der Waals surface area contributed by atoms with Gasteiger partial charge in [-0.15, -0.1) is 0 Å². The molecule has 1 heterocycles. The van der Waals surface area contributed by atoms with E-state index in [-0.39, 0.29) is 17.7 Å². The number of nitrogens with two attached hydrogens (primary N) is 1. The third-order valence-corrected chi connectivity index (χ3v) is 2.66. The van der Waals surface area contributed by atoms with Gasteiger partial charge in [0.15, 0.2) is 0 Å². The van der Waals surface area contributed by atoms with E-state index in [1.807, 2.05) is 6.92 Å². The van der Waals surface area contributed by atoms with E-state index in [1.54, 1.807) is 0 Å². The van der Waals surface area contributed by atoms with Crippen molar-refractivity contribution in [3.63, 3.8) is 0 Å². The molecule has 1 rings (SSSR count). The van der Waals surface area contributed by atoms with Crippen LogP contribution in [0.5, 0.6) is 0 Å². The maximum absolute atomic E-state index is 12.8. The Kier molecular flexibility index (Phi) is 6.03. The van der Waals surface area contributed by atoms with Crippen molar-refractivity contribution in [2.45, 2.75) is 32.0 Å². The minimum Gasteiger partial charge on any atom is -0.383 e. The summed E-state index contributed by atoms with van der Waals surface area (Å²) in [7, 11) is 1.54. The Balaban J connectivity index is 2.98. The zero-order valence-electron chi connectivity index (χ0n) is 11.4. The first-order chi connectivity index (χ1) is 9.40. The van der Waals surface area contributed by atoms with Gasteiger partial charge in [0.05, 0.1) is 18.2 Å². The minimum atomic E-state index is -4.45. The molecule has 1 aromatic rings. The SMILES string of the molecule is CCCC(COC)Nc1cc(C(F)(F)F)cc(NN)n1. The van der Waals surface area contributed by atoms with Crippen LogP contribution in [0.3, 0.4) is 0 Å². The smallest absolute Gasteiger partial charge is 0.383 e. The van der Waals surface area contributed by atoms with Crippen molar-refractivity contribution in [3.8, 4) is 0 Å². The molecule has 0 amide bonds. The highest BCUT2D eigenvalue weighted by molar-refractivity contribution is 5.49. The normalized spacial score (nSPS) is 13.1. The van der Waals surface area contributed by atoms with E-state index in [4.69, 9.17) is 10.6 Å². The Hall–Kier alpha value is -1.54. The molecule has 1 unspecified atom stereocenters. The molecule has 0 saturated carbocycles. The molecule has 0 aromatic carbocycles. The van der Waals surface area contributed by atoms with E-state index in [1.165, 1.54) is 7.11 Å². The predicted molar refractivity (Wildman–Crippen MR) is 71.2 cm³/mol. The molecule has 8 heteroatoms. The number of methoxy groups -OCH3 is 1. The maximum atomic E-state index is 12.8. The van der Waals surface area contributed by atoms with Crippen LogP contribution in [0.4, 0.5) is 24.8 Å². The number of nitrogen functional groups attached to an aromatic ring is 1. The van der Waals surface area contributed by atoms with Crippen LogP contribution in [-0.4, -0.2) is 24.7 Å². The zero-order valence-corrected chi connectivity index (χ0v) is 11.4. The molecule has 1 aromatic heterocycles. The maximum Gasteiger partial charge on any atom is 0.416 e. The van der Waals surface area contributed by atoms with Crippen molar-refractivity contribution in [2.24, 2.45) is 5.84 Å². The Labute approximate surface area is 115 Å². The summed E-state index contributed by atoms with van der Waals surface area (Å²) >= 11 is 0. The van der Waals surface area contributed by atoms with Gasteiger partial charge in [0, 0.05) is 7.11 Å². The highest BCUT2D eigenvalue weighted by Gasteiger charge is 2.31. The summed E-state index contributed by atoms with van der Waals surface area (Å²) in [5.74, 6) is 5.21. The first kappa shape index (κ1) is 16.5. The lowest BCUT2D eigenvalue weighted by Crippen LogP contribution is -2.26. The summed E-state index contributed by atoms with van der Waals surface area (Å²) in [5.41, 5.74) is 1.33. The number of rotatable bonds is 7. The van der Waals surface area contributed by atoms with Gasteiger partial charge < -0.3 is 15.5 Å². The molecule has 4 N–H and O–H groups in total. The summed E-state index contributed by atoms with van der Waals surface area (Å²) in [6.07, 6.45) is -2.81. The fourth-order valence-corrected chi connectivity index (χ4v) is 1.80. The number of hydrazine groups is 1. The van der Waals surface area contributed by atoms with Gasteiger partial charge in [0.1, 0.15) is 11.6 Å². The highest BCUT2D eigenvalue weighted by Crippen LogP contribution is 2.32. The lowest BCUT2D eigenvalue weighted by Gasteiger charge is -2.19. The monoisotopic (exact) mass is 292 g/mol. The van der Waals surface area contributed by atoms with E-state index in [9.17, 15) is 13.2 Å². The van der Waals surface area contributed by atoms with E-state index >= 15 is 0 Å². The number of nitrogens with one attached hydrogen (secondary N) is 2. The molecule has 1 atom stereocenters. The van der Waals surface area contributed by atoms with Crippen LogP contribution in [0.15, 0.2) is 12.1 Å². The fourth-order valence-electron chi connectivity index (χ4n) is 1.80. The summed E-state index contributed by atoms with van der Waals surface area (Å²) < 4.78 is 43.3. The quantitative estimate of drug-likeness (QED) is 0.532. The molecule has 0 bridgehead atoms. The fraction of sp³-hybridized carbons (Fsp3) is 0.583. The van der Waals surface area contributed by atoms with Crippen LogP contribution < -0.4 is 16.6 Å². The van der Waals surface area contributed by atoms with E-state index in [0.717, 1.165) is 25.0 Å². The number of halogens is 3. The number of ether oxygens (including phenoxy) is 1. The number of anilines is 2. The molecule has 0 aliphatic rings. The van der Waals surface area contributed by atoms with Crippen LogP contribution in [0, 0.1) is 0 Å². The second kappa shape index (κ2) is 7.30. The van der Waals surface area contributed by atoms with E-state index in [0.29, 0.717) is 6.61 Å². The second-order valence-corrected chi connectivity index (χ2v) is 4.35. The predicted octanol–water partition coefficient (Wildman–Crippen LogP) is 2.61. The molecule has 0 saturated heterocycles. The molecular weight excluding hydrogens is 273 g/mol. The Morgan fingerprint density at radius 3 is 2.50 bits per heavy atom. The van der Waals surface area contributed by atoms with Gasteiger partial charge in [-0.3, -0.25) is 0 Å². The van der Waals surface area contributed by atoms with Crippen molar-refractivity contribution in [1.82, 2.24) is 4.98 Å². The molecule has 0 radical (unpaired) electrons. The molecule has 114 valence electrons. The van der Waals surface area contributed by atoms with Gasteiger partial charge in [0.2, 0.25) is 0 Å². The number of aromatic nitrogens is 1. The second-order valence-electron chi connectivity index (χ2n) is 4.35. The average molecular weight is 292 g/mol. The zero-order chi connectivity index (χ0) is 15.2. The number of pyridine rings is 1. The van der Waals surface area contributed by atoms with Gasteiger partial charge in [-0.05, 0) is 18.6 Å². The average Bonchev–Trinajstić information content (AvgIpc) is 2.38. The van der Waals surface area contributed by atoms with Crippen molar-refractivity contribution < 1.29 is 17.9 Å². The molecule has 0 aliphatic carbocycles. The van der Waals surface area contributed by atoms with E-state index < -0.39 is 11.7 Å². The summed E-state index contributed by atoms with van der Waals surface area (Å²) in [5, 5.41) is 2.94. The van der Waals surface area contributed by atoms with Crippen LogP contribution in [0.2, 0.25) is 0 Å². The number of hydrogen-bond acceptors (Lipinski definition) is 5. The molecule has 20 heavy (non-hydrogen) atoms. The number of alkyl halides is 3. The highest BCUT2D eigenvalue weighted by atomic mass is 19.4. The van der Waals surface area contributed by atoms with Crippen molar-refractivity contribution in [1.29, 1.82) is 0 Å². The van der Waals surface area contributed by atoms with Crippen molar-refractivity contribution >= 4 is 11.6 Å². The molecular formula is C12H19F3N4O. The number of nitrogens with zero attached hydrogens (tertiary/aromatic N) is 1. The molecule has 5 nitrogen and oxygen atoms in total. The Morgan fingerprint density at radius 1 is 1.35 bits per heavy atom. The van der Waals surface area contributed by atoms with E-state index in [2.05, 4.69) is 15.7 Å². The standard InChI is InChI=1S/C12H19F3N4O/c1-3-4-9(7-20-2)17-10-5-8(12(13,14)15)6-11(18-10)19-16/h5-6,9H,3-4,7,16H2,1-2H3,(H2,17,18,19). The van der Waals surface area contributed by atoms with Crippen molar-refractivity contribution in [3.05, 3.63) is 17.7 Å². The number of hydrogen-bond donors (Lipinski definition) is 3. The lowest BCUT2D eigenvalue weighted by molar-refractivity contribution is -0.137. The van der Waals surface area contributed by atoms with Crippen LogP contribution in [0.1, 0.15) is 25.3 Å². The third-order valence-electron chi connectivity index (χ3n) is 2.66. The minimum absolute atomic E-state index is 0.0463. The first-order valence-electron chi connectivity index (χ1n) is 6.22. The van der Waals surface area contributed by atoms with Gasteiger partial charge in [-0.1, -0.05) is 13.3 Å². The first-order valence-corrected chi connectivity index (χ1v) is 6.22. The molecule has 0 spiro atoms. The summed E-state index contributed by atoms with van der Waals surface area (Å²) in [6, 6.07) is 1.71. The van der Waals surface area contributed by atoms with Gasteiger partial charge in [-0.25, -0.2) is 10.8 Å². The molecule has 0 fully saturated rings. The third kappa shape index (κ3) is 4.86. The topological polar surface area (TPSA) is 72.2 Å².